The van der Waals surface area contributed by atoms with Crippen LogP contribution in [0.1, 0.15) is 84.0 Å². The smallest absolute Gasteiger partial charge is 0.330 e. The maximum Gasteiger partial charge on any atom is 0.330 e. The Kier molecular flexibility index (Phi) is 18.3. The number of carboxylic acid groups (broad SMARTS) is 1. The molecule has 0 amide bonds. The molecule has 7 heteroatoms. The molecule has 6 nitrogen and oxygen atoms in total. The number of rotatable bonds is 14. The molecule has 0 aromatic heterocycles. The van der Waals surface area contributed by atoms with Gasteiger partial charge < -0.3 is 15.6 Å². The van der Waals surface area contributed by atoms with Gasteiger partial charge in [-0.25, -0.2) is 4.79 Å². The quantitative estimate of drug-likeness (QED) is 0.214. The fourth-order valence-electron chi connectivity index (χ4n) is 2.22. The van der Waals surface area contributed by atoms with Gasteiger partial charge in [-0.05, 0) is 12.8 Å². The van der Waals surface area contributed by atoms with Gasteiger partial charge in [-0.3, -0.25) is 9.59 Å². The van der Waals surface area contributed by atoms with Gasteiger partial charge in [-0.1, -0.05) is 58.3 Å². The first kappa shape index (κ1) is 25.6. The minimum atomic E-state index is -1.06. The lowest BCUT2D eigenvalue weighted by Crippen LogP contribution is -2.34. The third-order valence-electron chi connectivity index (χ3n) is 3.67. The van der Waals surface area contributed by atoms with E-state index in [1.54, 1.807) is 0 Å². The number of hydrogen-bond acceptors (Lipinski definition) is 5. The molecule has 0 radical (unpaired) electrons. The maximum atomic E-state index is 11.5. The van der Waals surface area contributed by atoms with Crippen molar-refractivity contribution in [3.05, 3.63) is 0 Å². The van der Waals surface area contributed by atoms with Gasteiger partial charge in [0.05, 0.1) is 0 Å². The van der Waals surface area contributed by atoms with Crippen LogP contribution < -0.4 is 5.73 Å². The fourth-order valence-corrected chi connectivity index (χ4v) is 2.22. The van der Waals surface area contributed by atoms with Crippen molar-refractivity contribution in [3.63, 3.8) is 0 Å². The van der Waals surface area contributed by atoms with Gasteiger partial charge in [0.25, 0.3) is 0 Å². The Hall–Kier alpha value is -0.664. The summed E-state index contributed by atoms with van der Waals surface area (Å²) in [5, 5.41) is 8.50. The minimum absolute atomic E-state index is 0. The van der Waals surface area contributed by atoms with Crippen molar-refractivity contribution in [2.45, 2.75) is 90.0 Å². The number of nitrogens with two attached hydrogens (primary N) is 1. The first-order valence-corrected chi connectivity index (χ1v) is 8.69. The summed E-state index contributed by atoms with van der Waals surface area (Å²) in [7, 11) is 0. The highest BCUT2D eigenvalue weighted by Crippen LogP contribution is 2.11. The lowest BCUT2D eigenvalue weighted by Gasteiger charge is -2.09. The van der Waals surface area contributed by atoms with Crippen molar-refractivity contribution in [2.75, 3.05) is 0 Å². The van der Waals surface area contributed by atoms with Crippen LogP contribution in [0.15, 0.2) is 0 Å². The molecule has 0 aliphatic heterocycles. The summed E-state index contributed by atoms with van der Waals surface area (Å²) in [5.74, 6) is -2.45. The minimum Gasteiger partial charge on any atom is -0.481 e. The number of unbranched alkanes of at least 4 members (excludes halogenated alkanes) is 8. The van der Waals surface area contributed by atoms with Crippen molar-refractivity contribution in [1.82, 2.24) is 0 Å². The van der Waals surface area contributed by atoms with E-state index >= 15 is 0 Å². The second kappa shape index (κ2) is 17.2. The molecule has 0 fully saturated rings. The Balaban J connectivity index is 0. The monoisotopic (exact) mass is 355 g/mol. The van der Waals surface area contributed by atoms with Crippen LogP contribution in [0.4, 0.5) is 0 Å². The molecule has 0 aromatic rings. The van der Waals surface area contributed by atoms with Gasteiger partial charge in [0.2, 0.25) is 0 Å². The van der Waals surface area contributed by atoms with Crippen LogP contribution in [0.3, 0.4) is 0 Å². The van der Waals surface area contributed by atoms with E-state index in [1.165, 1.54) is 38.5 Å². The molecule has 3 N–H and O–H groups in total. The summed E-state index contributed by atoms with van der Waals surface area (Å²) >= 11 is 0. The van der Waals surface area contributed by atoms with Crippen LogP contribution in [0, 0.1) is 0 Å². The summed E-state index contributed by atoms with van der Waals surface area (Å²) in [6.07, 6.45) is 10.2. The predicted octanol–water partition coefficient (Wildman–Crippen LogP) is 2.25. The zero-order chi connectivity index (χ0) is 17.5. The van der Waals surface area contributed by atoms with Gasteiger partial charge in [-0.15, -0.1) is 0 Å². The molecular formula is C17H33MgNO5. The fraction of sp³-hybridized carbons (Fsp3) is 0.824. The Bertz CT molecular complexity index is 363. The topological polar surface area (TPSA) is 107 Å². The van der Waals surface area contributed by atoms with Crippen LogP contribution in [-0.4, -0.2) is 52.1 Å². The molecule has 1 atom stereocenters. The Morgan fingerprint density at radius 1 is 0.917 bits per heavy atom. The first-order chi connectivity index (χ1) is 11.0. The first-order valence-electron chi connectivity index (χ1n) is 8.69. The Morgan fingerprint density at radius 2 is 1.42 bits per heavy atom. The van der Waals surface area contributed by atoms with Crippen LogP contribution >= 0.6 is 0 Å². The predicted molar refractivity (Wildman–Crippen MR) is 96.3 cm³/mol. The van der Waals surface area contributed by atoms with Crippen LogP contribution in [0.5, 0.6) is 0 Å². The number of aliphatic carboxylic acids is 1. The Labute approximate surface area is 161 Å². The summed E-state index contributed by atoms with van der Waals surface area (Å²) in [6.45, 7) is 2.20. The zero-order valence-corrected chi connectivity index (χ0v) is 14.2. The summed E-state index contributed by atoms with van der Waals surface area (Å²) in [6, 6.07) is -1.06. The lowest BCUT2D eigenvalue weighted by atomic mass is 10.1. The van der Waals surface area contributed by atoms with Crippen molar-refractivity contribution < 1.29 is 24.2 Å². The van der Waals surface area contributed by atoms with E-state index in [0.29, 0.717) is 6.42 Å². The Morgan fingerprint density at radius 3 is 1.92 bits per heavy atom. The van der Waals surface area contributed by atoms with E-state index < -0.39 is 23.9 Å². The second-order valence-corrected chi connectivity index (χ2v) is 5.91. The molecule has 0 aromatic carbocycles. The number of ether oxygens (including phenoxy) is 1. The van der Waals surface area contributed by atoms with Crippen LogP contribution in [-0.2, 0) is 19.1 Å². The van der Waals surface area contributed by atoms with E-state index in [2.05, 4.69) is 11.7 Å². The third-order valence-corrected chi connectivity index (χ3v) is 3.67. The molecule has 0 aliphatic carbocycles. The van der Waals surface area contributed by atoms with E-state index in [9.17, 15) is 14.4 Å². The third kappa shape index (κ3) is 16.2. The average molecular weight is 356 g/mol. The summed E-state index contributed by atoms with van der Waals surface area (Å²) in [5.41, 5.74) is 5.47. The van der Waals surface area contributed by atoms with Crippen LogP contribution in [0.2, 0.25) is 0 Å². The highest BCUT2D eigenvalue weighted by Gasteiger charge is 2.19. The van der Waals surface area contributed by atoms with Crippen molar-refractivity contribution in [1.29, 1.82) is 0 Å². The summed E-state index contributed by atoms with van der Waals surface area (Å²) in [4.78, 5) is 33.3. The largest absolute Gasteiger partial charge is 0.481 e. The van der Waals surface area contributed by atoms with E-state index in [0.717, 1.165) is 12.8 Å². The molecular weight excluding hydrogens is 322 g/mol. The lowest BCUT2D eigenvalue weighted by molar-refractivity contribution is -0.160. The normalized spacial score (nSPS) is 11.4. The zero-order valence-electron chi connectivity index (χ0n) is 14.2. The molecule has 0 heterocycles. The average Bonchev–Trinajstić information content (AvgIpc) is 2.50. The molecule has 0 bridgehead atoms. The van der Waals surface area contributed by atoms with Gasteiger partial charge in [0.1, 0.15) is 6.04 Å². The van der Waals surface area contributed by atoms with E-state index in [-0.39, 0.29) is 42.3 Å². The summed E-state index contributed by atoms with van der Waals surface area (Å²) < 4.78 is 4.62. The van der Waals surface area contributed by atoms with Crippen molar-refractivity contribution in [2.24, 2.45) is 5.73 Å². The molecule has 0 aliphatic rings. The molecule has 24 heavy (non-hydrogen) atoms. The van der Waals surface area contributed by atoms with Gasteiger partial charge in [0, 0.05) is 12.8 Å². The standard InChI is InChI=1S/C17H31NO5.Mg.2H/c1-2-3-4-5-6-7-8-9-10-11-16(21)23-17(22)14(18)12-13-15(19)20;;;/h14H,2-13,18H2,1H3,(H,19,20);;;. The molecule has 0 spiro atoms. The maximum absolute atomic E-state index is 11.5. The molecule has 0 saturated carbocycles. The number of carbonyl (C=O) groups is 3. The van der Waals surface area contributed by atoms with Gasteiger partial charge >= 0.3 is 41.0 Å². The van der Waals surface area contributed by atoms with E-state index in [4.69, 9.17) is 10.8 Å². The highest BCUT2D eigenvalue weighted by atomic mass is 24.3. The van der Waals surface area contributed by atoms with Crippen molar-refractivity contribution >= 4 is 41.0 Å². The highest BCUT2D eigenvalue weighted by molar-refractivity contribution is 5.88. The van der Waals surface area contributed by atoms with Crippen molar-refractivity contribution in [3.8, 4) is 0 Å². The van der Waals surface area contributed by atoms with Gasteiger partial charge in [-0.2, -0.15) is 0 Å². The molecule has 0 saturated heterocycles. The van der Waals surface area contributed by atoms with Gasteiger partial charge in [0.15, 0.2) is 0 Å². The number of carboxylic acids is 1. The molecule has 1 unspecified atom stereocenters. The number of carbonyl (C=O) groups excluding carboxylic acids is 2. The number of hydrogen-bond donors (Lipinski definition) is 2. The van der Waals surface area contributed by atoms with E-state index in [1.807, 2.05) is 0 Å². The van der Waals surface area contributed by atoms with Crippen LogP contribution in [0.25, 0.3) is 0 Å². The molecule has 0 rings (SSSR count). The number of esters is 2. The second-order valence-electron chi connectivity index (χ2n) is 5.91. The SMILES string of the molecule is CCCCCCCCCCCC(=O)OC(=O)C(N)CCC(=O)O.[MgH2]. The molecule has 138 valence electrons.